The number of Topliss-reactive ketones (excluding diaryl/α,β-unsaturated/α-hetero) is 1. The van der Waals surface area contributed by atoms with Crippen LogP contribution in [-0.2, 0) is 14.3 Å². The number of rotatable bonds is 4. The fourth-order valence-electron chi connectivity index (χ4n) is 1.18. The molecule has 1 aromatic carbocycles. The summed E-state index contributed by atoms with van der Waals surface area (Å²) in [5.41, 5.74) is 0.692. The topological polar surface area (TPSA) is 43.4 Å². The first kappa shape index (κ1) is 11.9. The van der Waals surface area contributed by atoms with Crippen molar-refractivity contribution >= 4 is 27.7 Å². The molecule has 0 N–H and O–H groups in total. The minimum atomic E-state index is -0.803. The molecule has 0 heterocycles. The molecule has 0 spiro atoms. The van der Waals surface area contributed by atoms with Gasteiger partial charge in [-0.1, -0.05) is 46.3 Å². The predicted molar refractivity (Wildman–Crippen MR) is 59.8 cm³/mol. The van der Waals surface area contributed by atoms with Crippen LogP contribution in [0.5, 0.6) is 0 Å². The predicted octanol–water partition coefficient (Wildman–Crippen LogP) is 2.25. The van der Waals surface area contributed by atoms with E-state index in [1.165, 1.54) is 6.92 Å². The molecule has 0 aliphatic carbocycles. The third kappa shape index (κ3) is 3.47. The zero-order valence-corrected chi connectivity index (χ0v) is 9.86. The average Bonchev–Trinajstić information content (AvgIpc) is 2.26. The number of hydrogen-bond donors (Lipinski definition) is 0. The Balaban J connectivity index is 2.91. The van der Waals surface area contributed by atoms with E-state index in [0.29, 0.717) is 5.56 Å². The summed E-state index contributed by atoms with van der Waals surface area (Å²) >= 11 is 3.06. The molecule has 0 aromatic heterocycles. The lowest BCUT2D eigenvalue weighted by molar-refractivity contribution is -0.152. The van der Waals surface area contributed by atoms with Crippen LogP contribution < -0.4 is 0 Å². The molecule has 0 aliphatic heterocycles. The van der Waals surface area contributed by atoms with Gasteiger partial charge in [0.2, 0.25) is 0 Å². The van der Waals surface area contributed by atoms with Gasteiger partial charge in [0.15, 0.2) is 11.9 Å². The number of benzene rings is 1. The highest BCUT2D eigenvalue weighted by molar-refractivity contribution is 9.09. The lowest BCUT2D eigenvalue weighted by Gasteiger charge is -2.14. The van der Waals surface area contributed by atoms with Gasteiger partial charge in [-0.15, -0.1) is 0 Å². The van der Waals surface area contributed by atoms with E-state index in [0.717, 1.165) is 0 Å². The molecule has 0 saturated heterocycles. The van der Waals surface area contributed by atoms with Crippen LogP contribution in [0.1, 0.15) is 18.6 Å². The van der Waals surface area contributed by atoms with Gasteiger partial charge in [-0.25, -0.2) is 0 Å². The monoisotopic (exact) mass is 270 g/mol. The molecule has 0 fully saturated rings. The van der Waals surface area contributed by atoms with Crippen LogP contribution in [0.25, 0.3) is 0 Å². The van der Waals surface area contributed by atoms with Gasteiger partial charge in [0, 0.05) is 12.5 Å². The Hall–Kier alpha value is -1.16. The minimum Gasteiger partial charge on any atom is -0.450 e. The van der Waals surface area contributed by atoms with Crippen molar-refractivity contribution in [3.05, 3.63) is 35.9 Å². The van der Waals surface area contributed by atoms with Crippen LogP contribution in [0.2, 0.25) is 0 Å². The zero-order chi connectivity index (χ0) is 11.3. The van der Waals surface area contributed by atoms with Gasteiger partial charge in [0.05, 0.1) is 5.33 Å². The summed E-state index contributed by atoms with van der Waals surface area (Å²) in [4.78, 5) is 22.4. The van der Waals surface area contributed by atoms with Crippen molar-refractivity contribution in [2.75, 3.05) is 5.33 Å². The fraction of sp³-hybridized carbons (Fsp3) is 0.273. The Morgan fingerprint density at radius 3 is 2.40 bits per heavy atom. The second kappa shape index (κ2) is 5.66. The van der Waals surface area contributed by atoms with Gasteiger partial charge < -0.3 is 4.74 Å². The highest BCUT2D eigenvalue weighted by atomic mass is 79.9. The van der Waals surface area contributed by atoms with Crippen LogP contribution in [0.4, 0.5) is 0 Å². The summed E-state index contributed by atoms with van der Waals surface area (Å²) in [5.74, 6) is -0.630. The molecule has 0 bridgehead atoms. The molecule has 15 heavy (non-hydrogen) atoms. The fourth-order valence-corrected chi connectivity index (χ4v) is 1.48. The Bertz CT molecular complexity index is 348. The van der Waals surface area contributed by atoms with E-state index in [1.54, 1.807) is 24.3 Å². The number of ketones is 1. The quantitative estimate of drug-likeness (QED) is 0.623. The Morgan fingerprint density at radius 2 is 1.93 bits per heavy atom. The molecular formula is C11H11BrO3. The van der Waals surface area contributed by atoms with E-state index >= 15 is 0 Å². The summed E-state index contributed by atoms with van der Waals surface area (Å²) in [6.45, 7) is 1.29. The SMILES string of the molecule is CC(=O)O[C@H](C(=O)CBr)c1ccccc1. The van der Waals surface area contributed by atoms with Crippen molar-refractivity contribution < 1.29 is 14.3 Å². The van der Waals surface area contributed by atoms with Crippen molar-refractivity contribution in [2.24, 2.45) is 0 Å². The average molecular weight is 271 g/mol. The molecule has 0 aliphatic rings. The standard InChI is InChI=1S/C11H11BrO3/c1-8(13)15-11(10(14)7-12)9-5-3-2-4-6-9/h2-6,11H,7H2,1H3/t11-/m0/s1. The van der Waals surface area contributed by atoms with Crippen molar-refractivity contribution in [1.29, 1.82) is 0 Å². The second-order valence-electron chi connectivity index (χ2n) is 3.00. The van der Waals surface area contributed by atoms with E-state index in [2.05, 4.69) is 15.9 Å². The lowest BCUT2D eigenvalue weighted by atomic mass is 10.1. The lowest BCUT2D eigenvalue weighted by Crippen LogP contribution is -2.19. The number of hydrogen-bond acceptors (Lipinski definition) is 3. The number of carbonyl (C=O) groups excluding carboxylic acids is 2. The molecule has 0 amide bonds. The summed E-state index contributed by atoms with van der Waals surface area (Å²) in [7, 11) is 0. The van der Waals surface area contributed by atoms with Gasteiger partial charge in [-0.05, 0) is 0 Å². The Kier molecular flexibility index (Phi) is 4.49. The van der Waals surface area contributed by atoms with E-state index in [-0.39, 0.29) is 11.1 Å². The summed E-state index contributed by atoms with van der Waals surface area (Å²) in [6.07, 6.45) is -0.803. The van der Waals surface area contributed by atoms with Gasteiger partial charge in [0.1, 0.15) is 0 Å². The van der Waals surface area contributed by atoms with Crippen LogP contribution in [-0.4, -0.2) is 17.1 Å². The molecule has 0 unspecified atom stereocenters. The van der Waals surface area contributed by atoms with Gasteiger partial charge >= 0.3 is 5.97 Å². The first-order valence-electron chi connectivity index (χ1n) is 4.46. The number of carbonyl (C=O) groups is 2. The Morgan fingerprint density at radius 1 is 1.33 bits per heavy atom. The number of alkyl halides is 1. The maximum absolute atomic E-state index is 11.5. The van der Waals surface area contributed by atoms with Gasteiger partial charge in [-0.3, -0.25) is 9.59 Å². The summed E-state index contributed by atoms with van der Waals surface area (Å²) in [6, 6.07) is 8.95. The second-order valence-corrected chi connectivity index (χ2v) is 3.56. The van der Waals surface area contributed by atoms with Crippen molar-refractivity contribution in [3.8, 4) is 0 Å². The summed E-state index contributed by atoms with van der Waals surface area (Å²) in [5, 5.41) is 0.167. The van der Waals surface area contributed by atoms with E-state index in [4.69, 9.17) is 4.74 Å². The first-order chi connectivity index (χ1) is 7.15. The number of ether oxygens (including phenoxy) is 1. The largest absolute Gasteiger partial charge is 0.450 e. The maximum Gasteiger partial charge on any atom is 0.303 e. The molecule has 1 aromatic rings. The van der Waals surface area contributed by atoms with Crippen molar-refractivity contribution in [1.82, 2.24) is 0 Å². The number of esters is 1. The molecular weight excluding hydrogens is 260 g/mol. The molecule has 4 heteroatoms. The molecule has 0 radical (unpaired) electrons. The summed E-state index contributed by atoms with van der Waals surface area (Å²) < 4.78 is 4.97. The highest BCUT2D eigenvalue weighted by Crippen LogP contribution is 2.19. The maximum atomic E-state index is 11.5. The molecule has 1 rings (SSSR count). The molecule has 0 saturated carbocycles. The normalized spacial score (nSPS) is 11.9. The van der Waals surface area contributed by atoms with Crippen LogP contribution in [0, 0.1) is 0 Å². The Labute approximate surface area is 96.6 Å². The smallest absolute Gasteiger partial charge is 0.303 e. The van der Waals surface area contributed by atoms with Gasteiger partial charge in [0.25, 0.3) is 0 Å². The van der Waals surface area contributed by atoms with Crippen LogP contribution in [0.15, 0.2) is 30.3 Å². The molecule has 1 atom stereocenters. The van der Waals surface area contributed by atoms with E-state index < -0.39 is 12.1 Å². The third-order valence-corrected chi connectivity index (χ3v) is 2.36. The molecule has 80 valence electrons. The number of halogens is 1. The van der Waals surface area contributed by atoms with Crippen LogP contribution in [0.3, 0.4) is 0 Å². The molecule has 3 nitrogen and oxygen atoms in total. The van der Waals surface area contributed by atoms with Crippen LogP contribution >= 0.6 is 15.9 Å². The zero-order valence-electron chi connectivity index (χ0n) is 8.27. The van der Waals surface area contributed by atoms with Gasteiger partial charge in [-0.2, -0.15) is 0 Å². The first-order valence-corrected chi connectivity index (χ1v) is 5.58. The van der Waals surface area contributed by atoms with Crippen molar-refractivity contribution in [2.45, 2.75) is 13.0 Å². The van der Waals surface area contributed by atoms with E-state index in [9.17, 15) is 9.59 Å². The van der Waals surface area contributed by atoms with E-state index in [1.807, 2.05) is 6.07 Å². The highest BCUT2D eigenvalue weighted by Gasteiger charge is 2.21. The van der Waals surface area contributed by atoms with Crippen molar-refractivity contribution in [3.63, 3.8) is 0 Å². The third-order valence-electron chi connectivity index (χ3n) is 1.81. The minimum absolute atomic E-state index is 0.167.